The van der Waals surface area contributed by atoms with Gasteiger partial charge in [-0.2, -0.15) is 0 Å². The summed E-state index contributed by atoms with van der Waals surface area (Å²) in [6, 6.07) is 10.1. The summed E-state index contributed by atoms with van der Waals surface area (Å²) in [5, 5.41) is 4.89. The first-order valence-electron chi connectivity index (χ1n) is 10.7. The zero-order valence-electron chi connectivity index (χ0n) is 17.1. The molecule has 2 aliphatic rings. The van der Waals surface area contributed by atoms with E-state index in [1.807, 2.05) is 22.4 Å². The number of benzene rings is 1. The summed E-state index contributed by atoms with van der Waals surface area (Å²) in [7, 11) is 0. The van der Waals surface area contributed by atoms with E-state index in [4.69, 9.17) is 0 Å². The first-order chi connectivity index (χ1) is 14.6. The SMILES string of the molecule is O=C(NCc1ccccc1F)C(C1CCCC1)N1CCN(C(=O)c2cccs2)CC1. The molecule has 1 unspecified atom stereocenters. The quantitative estimate of drug-likeness (QED) is 0.765. The van der Waals surface area contributed by atoms with Gasteiger partial charge in [0.1, 0.15) is 5.82 Å². The van der Waals surface area contributed by atoms with Gasteiger partial charge in [0.25, 0.3) is 5.91 Å². The van der Waals surface area contributed by atoms with Crippen LogP contribution in [0.3, 0.4) is 0 Å². The topological polar surface area (TPSA) is 52.7 Å². The van der Waals surface area contributed by atoms with Gasteiger partial charge in [0.15, 0.2) is 0 Å². The van der Waals surface area contributed by atoms with Crippen LogP contribution in [0.15, 0.2) is 41.8 Å². The number of halogens is 1. The highest BCUT2D eigenvalue weighted by Crippen LogP contribution is 2.31. The van der Waals surface area contributed by atoms with Crippen molar-refractivity contribution in [3.05, 3.63) is 58.0 Å². The van der Waals surface area contributed by atoms with Crippen LogP contribution >= 0.6 is 11.3 Å². The molecule has 0 radical (unpaired) electrons. The first-order valence-corrected chi connectivity index (χ1v) is 11.6. The fourth-order valence-corrected chi connectivity index (χ4v) is 5.33. The number of hydrogen-bond donors (Lipinski definition) is 1. The molecule has 2 fully saturated rings. The van der Waals surface area contributed by atoms with Gasteiger partial charge in [0, 0.05) is 38.3 Å². The Hall–Kier alpha value is -2.25. The number of carbonyl (C=O) groups is 2. The summed E-state index contributed by atoms with van der Waals surface area (Å²) in [4.78, 5) is 30.7. The number of amides is 2. The normalized spacial score (nSPS) is 19.0. The molecule has 7 heteroatoms. The molecule has 0 bridgehead atoms. The van der Waals surface area contributed by atoms with E-state index in [1.165, 1.54) is 17.4 Å². The smallest absolute Gasteiger partial charge is 0.264 e. The van der Waals surface area contributed by atoms with Gasteiger partial charge in [-0.1, -0.05) is 37.1 Å². The molecular formula is C23H28FN3O2S. The molecule has 2 aromatic rings. The van der Waals surface area contributed by atoms with Crippen molar-refractivity contribution >= 4 is 23.2 Å². The van der Waals surface area contributed by atoms with Crippen molar-refractivity contribution in [2.75, 3.05) is 26.2 Å². The lowest BCUT2D eigenvalue weighted by atomic mass is 9.95. The van der Waals surface area contributed by atoms with E-state index >= 15 is 0 Å². The lowest BCUT2D eigenvalue weighted by Crippen LogP contribution is -2.57. The third-order valence-electron chi connectivity index (χ3n) is 6.25. The van der Waals surface area contributed by atoms with Crippen LogP contribution in [-0.4, -0.2) is 53.8 Å². The van der Waals surface area contributed by atoms with Crippen molar-refractivity contribution in [1.82, 2.24) is 15.1 Å². The minimum absolute atomic E-state index is 0.0248. The Bertz CT molecular complexity index is 859. The van der Waals surface area contributed by atoms with E-state index in [0.29, 0.717) is 37.7 Å². The molecule has 1 aromatic heterocycles. The van der Waals surface area contributed by atoms with Gasteiger partial charge in [-0.05, 0) is 36.3 Å². The van der Waals surface area contributed by atoms with E-state index < -0.39 is 0 Å². The lowest BCUT2D eigenvalue weighted by Gasteiger charge is -2.40. The van der Waals surface area contributed by atoms with Crippen LogP contribution in [0.2, 0.25) is 0 Å². The number of piperazine rings is 1. The lowest BCUT2D eigenvalue weighted by molar-refractivity contribution is -0.129. The van der Waals surface area contributed by atoms with Gasteiger partial charge in [-0.25, -0.2) is 4.39 Å². The Labute approximate surface area is 180 Å². The van der Waals surface area contributed by atoms with Crippen molar-refractivity contribution in [3.63, 3.8) is 0 Å². The predicted octanol–water partition coefficient (Wildman–Crippen LogP) is 3.52. The van der Waals surface area contributed by atoms with Crippen LogP contribution in [0.5, 0.6) is 0 Å². The van der Waals surface area contributed by atoms with Crippen molar-refractivity contribution in [2.24, 2.45) is 5.92 Å². The van der Waals surface area contributed by atoms with Crippen LogP contribution in [0.1, 0.15) is 40.9 Å². The van der Waals surface area contributed by atoms with Crippen molar-refractivity contribution in [2.45, 2.75) is 38.3 Å². The summed E-state index contributed by atoms with van der Waals surface area (Å²) in [6.07, 6.45) is 4.40. The van der Waals surface area contributed by atoms with Gasteiger partial charge in [0.2, 0.25) is 5.91 Å². The molecule has 1 atom stereocenters. The second kappa shape index (κ2) is 9.71. The first kappa shape index (κ1) is 21.0. The molecule has 1 saturated carbocycles. The number of nitrogens with zero attached hydrogens (tertiary/aromatic N) is 2. The zero-order chi connectivity index (χ0) is 20.9. The highest BCUT2D eigenvalue weighted by molar-refractivity contribution is 7.12. The Morgan fingerprint density at radius 1 is 1.07 bits per heavy atom. The molecule has 160 valence electrons. The van der Waals surface area contributed by atoms with E-state index in [2.05, 4.69) is 10.2 Å². The highest BCUT2D eigenvalue weighted by Gasteiger charge is 2.37. The fourth-order valence-electron chi connectivity index (χ4n) is 4.64. The molecule has 0 spiro atoms. The molecule has 5 nitrogen and oxygen atoms in total. The van der Waals surface area contributed by atoms with Gasteiger partial charge < -0.3 is 10.2 Å². The van der Waals surface area contributed by atoms with E-state index in [0.717, 1.165) is 30.6 Å². The van der Waals surface area contributed by atoms with E-state index in [1.54, 1.807) is 18.2 Å². The zero-order valence-corrected chi connectivity index (χ0v) is 17.9. The Balaban J connectivity index is 1.39. The maximum atomic E-state index is 13.9. The van der Waals surface area contributed by atoms with Crippen LogP contribution in [0.25, 0.3) is 0 Å². The number of rotatable bonds is 6. The second-order valence-corrected chi connectivity index (χ2v) is 9.05. The summed E-state index contributed by atoms with van der Waals surface area (Å²) in [5.41, 5.74) is 0.502. The average molecular weight is 430 g/mol. The van der Waals surface area contributed by atoms with Crippen molar-refractivity contribution in [3.8, 4) is 0 Å². The molecule has 1 aromatic carbocycles. The molecular weight excluding hydrogens is 401 g/mol. The summed E-state index contributed by atoms with van der Waals surface area (Å²) in [5.74, 6) is 0.0790. The number of carbonyl (C=O) groups excluding carboxylic acids is 2. The molecule has 30 heavy (non-hydrogen) atoms. The Kier molecular flexibility index (Phi) is 6.79. The van der Waals surface area contributed by atoms with Crippen molar-refractivity contribution < 1.29 is 14.0 Å². The Morgan fingerprint density at radius 2 is 1.80 bits per heavy atom. The molecule has 2 heterocycles. The maximum Gasteiger partial charge on any atom is 0.264 e. The molecule has 1 N–H and O–H groups in total. The van der Waals surface area contributed by atoms with Gasteiger partial charge in [-0.3, -0.25) is 14.5 Å². The summed E-state index contributed by atoms with van der Waals surface area (Å²) < 4.78 is 13.9. The predicted molar refractivity (Wildman–Crippen MR) is 116 cm³/mol. The van der Waals surface area contributed by atoms with Crippen LogP contribution in [0, 0.1) is 11.7 Å². The van der Waals surface area contributed by atoms with Gasteiger partial charge >= 0.3 is 0 Å². The maximum absolute atomic E-state index is 13.9. The minimum atomic E-state index is -0.295. The third kappa shape index (κ3) is 4.73. The molecule has 4 rings (SSSR count). The Morgan fingerprint density at radius 3 is 2.47 bits per heavy atom. The summed E-state index contributed by atoms with van der Waals surface area (Å²) in [6.45, 7) is 2.82. The fraction of sp³-hybridized carbons (Fsp3) is 0.478. The number of hydrogen-bond acceptors (Lipinski definition) is 4. The van der Waals surface area contributed by atoms with Crippen molar-refractivity contribution in [1.29, 1.82) is 0 Å². The summed E-state index contributed by atoms with van der Waals surface area (Å²) >= 11 is 1.46. The molecule has 1 aliphatic heterocycles. The minimum Gasteiger partial charge on any atom is -0.351 e. The van der Waals surface area contributed by atoms with Crippen LogP contribution in [-0.2, 0) is 11.3 Å². The van der Waals surface area contributed by atoms with E-state index in [-0.39, 0.29) is 30.2 Å². The molecule has 1 saturated heterocycles. The molecule has 2 amide bonds. The number of thiophene rings is 1. The monoisotopic (exact) mass is 429 g/mol. The van der Waals surface area contributed by atoms with E-state index in [9.17, 15) is 14.0 Å². The highest BCUT2D eigenvalue weighted by atomic mass is 32.1. The van der Waals surface area contributed by atoms with Crippen LogP contribution in [0.4, 0.5) is 4.39 Å². The average Bonchev–Trinajstić information content (AvgIpc) is 3.48. The standard InChI is InChI=1S/C23H28FN3O2S/c24-19-9-4-3-8-18(19)16-25-22(28)21(17-6-1-2-7-17)26-11-13-27(14-12-26)23(29)20-10-5-15-30-20/h3-5,8-10,15,17,21H,1-2,6-7,11-14,16H2,(H,25,28). The second-order valence-electron chi connectivity index (χ2n) is 8.10. The molecule has 1 aliphatic carbocycles. The van der Waals surface area contributed by atoms with Gasteiger partial charge in [0.05, 0.1) is 10.9 Å². The number of nitrogens with one attached hydrogen (secondary N) is 1. The van der Waals surface area contributed by atoms with Gasteiger partial charge in [-0.15, -0.1) is 11.3 Å². The largest absolute Gasteiger partial charge is 0.351 e. The van der Waals surface area contributed by atoms with Crippen LogP contribution < -0.4 is 5.32 Å². The third-order valence-corrected chi connectivity index (χ3v) is 7.11.